The molecule has 15 heavy (non-hydrogen) atoms. The van der Waals surface area contributed by atoms with Gasteiger partial charge in [0.2, 0.25) is 5.91 Å². The largest absolute Gasteiger partial charge is 0.343 e. The second kappa shape index (κ2) is 4.57. The number of nitrogens with zero attached hydrogens (tertiary/aromatic N) is 3. The lowest BCUT2D eigenvalue weighted by Crippen LogP contribution is -2.28. The van der Waals surface area contributed by atoms with Crippen molar-refractivity contribution in [1.82, 2.24) is 19.7 Å². The van der Waals surface area contributed by atoms with Gasteiger partial charge in [0.1, 0.15) is 6.33 Å². The molecule has 1 saturated heterocycles. The third-order valence-corrected chi connectivity index (χ3v) is 2.97. The lowest BCUT2D eigenvalue weighted by molar-refractivity contribution is -0.130. The van der Waals surface area contributed by atoms with Gasteiger partial charge in [-0.3, -0.25) is 9.89 Å². The van der Waals surface area contributed by atoms with Crippen molar-refractivity contribution >= 4 is 18.1 Å². The molecule has 0 unspecified atom stereocenters. The van der Waals surface area contributed by atoms with Crippen LogP contribution in [0.5, 0.6) is 0 Å². The van der Waals surface area contributed by atoms with Crippen molar-refractivity contribution in [3.8, 4) is 0 Å². The van der Waals surface area contributed by atoms with E-state index in [1.165, 1.54) is 0 Å². The molecule has 1 aromatic heterocycles. The maximum Gasteiger partial charge on any atom is 0.224 e. The molecule has 1 amide bonds. The number of hydrogen-bond donors (Lipinski definition) is 1. The highest BCUT2D eigenvalue weighted by molar-refractivity contribution is 7.71. The number of rotatable bonds is 3. The van der Waals surface area contributed by atoms with E-state index < -0.39 is 0 Å². The topological polar surface area (TPSA) is 53.9 Å². The summed E-state index contributed by atoms with van der Waals surface area (Å²) in [6.45, 7) is 2.44. The lowest BCUT2D eigenvalue weighted by Gasteiger charge is -2.14. The van der Waals surface area contributed by atoms with E-state index in [9.17, 15) is 4.79 Å². The Hall–Kier alpha value is -1.17. The predicted octanol–water partition coefficient (Wildman–Crippen LogP) is 0.953. The zero-order chi connectivity index (χ0) is 10.7. The standard InChI is InChI=1S/C9H14N4OS/c14-8(12-4-1-2-5-12)3-6-13-7-10-11-9(13)15/h7H,1-6H2,(H,11,15). The van der Waals surface area contributed by atoms with Gasteiger partial charge in [-0.1, -0.05) is 0 Å². The van der Waals surface area contributed by atoms with Gasteiger partial charge in [-0.05, 0) is 25.1 Å². The molecule has 1 fully saturated rings. The van der Waals surface area contributed by atoms with Gasteiger partial charge in [0.15, 0.2) is 4.77 Å². The van der Waals surface area contributed by atoms with Crippen molar-refractivity contribution in [1.29, 1.82) is 0 Å². The van der Waals surface area contributed by atoms with Crippen molar-refractivity contribution in [3.05, 3.63) is 11.1 Å². The van der Waals surface area contributed by atoms with Crippen molar-refractivity contribution < 1.29 is 4.79 Å². The fourth-order valence-electron chi connectivity index (χ4n) is 1.77. The molecule has 0 aliphatic carbocycles. The number of carbonyl (C=O) groups is 1. The van der Waals surface area contributed by atoms with Crippen molar-refractivity contribution in [2.24, 2.45) is 0 Å². The van der Waals surface area contributed by atoms with E-state index in [1.807, 2.05) is 4.90 Å². The summed E-state index contributed by atoms with van der Waals surface area (Å²) in [5.41, 5.74) is 0. The van der Waals surface area contributed by atoms with Crippen LogP contribution in [0.25, 0.3) is 0 Å². The number of carbonyl (C=O) groups excluding carboxylic acids is 1. The summed E-state index contributed by atoms with van der Waals surface area (Å²) in [5, 5.41) is 6.47. The number of aromatic nitrogens is 3. The van der Waals surface area contributed by atoms with Gasteiger partial charge in [0.05, 0.1) is 0 Å². The highest BCUT2D eigenvalue weighted by atomic mass is 32.1. The molecule has 1 aliphatic heterocycles. The zero-order valence-electron chi connectivity index (χ0n) is 8.48. The van der Waals surface area contributed by atoms with E-state index in [2.05, 4.69) is 10.2 Å². The molecule has 0 atom stereocenters. The van der Waals surface area contributed by atoms with E-state index in [0.717, 1.165) is 25.9 Å². The Kier molecular flexibility index (Phi) is 3.15. The van der Waals surface area contributed by atoms with Gasteiger partial charge >= 0.3 is 0 Å². The first-order valence-electron chi connectivity index (χ1n) is 5.15. The maximum absolute atomic E-state index is 11.7. The van der Waals surface area contributed by atoms with Crippen LogP contribution in [0.1, 0.15) is 19.3 Å². The maximum atomic E-state index is 11.7. The molecule has 1 aromatic rings. The van der Waals surface area contributed by atoms with Crippen LogP contribution in [-0.2, 0) is 11.3 Å². The first-order chi connectivity index (χ1) is 7.27. The molecule has 0 saturated carbocycles. The average Bonchev–Trinajstić information content (AvgIpc) is 2.85. The Morgan fingerprint density at radius 2 is 2.27 bits per heavy atom. The zero-order valence-corrected chi connectivity index (χ0v) is 9.29. The average molecular weight is 226 g/mol. The molecule has 0 bridgehead atoms. The first-order valence-corrected chi connectivity index (χ1v) is 5.56. The van der Waals surface area contributed by atoms with E-state index in [0.29, 0.717) is 17.7 Å². The molecule has 1 aliphatic rings. The van der Waals surface area contributed by atoms with E-state index in [4.69, 9.17) is 12.2 Å². The summed E-state index contributed by atoms with van der Waals surface area (Å²) in [6, 6.07) is 0. The van der Waals surface area contributed by atoms with Gasteiger partial charge in [-0.15, -0.1) is 0 Å². The van der Waals surface area contributed by atoms with Crippen LogP contribution in [0.3, 0.4) is 0 Å². The normalized spacial score (nSPS) is 15.9. The summed E-state index contributed by atoms with van der Waals surface area (Å²) in [5.74, 6) is 0.218. The predicted molar refractivity (Wildman–Crippen MR) is 57.8 cm³/mol. The molecule has 82 valence electrons. The van der Waals surface area contributed by atoms with Crippen molar-refractivity contribution in [3.63, 3.8) is 0 Å². The highest BCUT2D eigenvalue weighted by Crippen LogP contribution is 2.09. The number of amides is 1. The van der Waals surface area contributed by atoms with Crippen LogP contribution in [0.4, 0.5) is 0 Å². The van der Waals surface area contributed by atoms with Crippen LogP contribution in [0, 0.1) is 4.77 Å². The van der Waals surface area contributed by atoms with Gasteiger partial charge in [0.25, 0.3) is 0 Å². The van der Waals surface area contributed by atoms with Crippen LogP contribution in [0.15, 0.2) is 6.33 Å². The first kappa shape index (κ1) is 10.4. The summed E-state index contributed by atoms with van der Waals surface area (Å²) in [6.07, 6.45) is 4.40. The Labute approximate surface area is 93.1 Å². The smallest absolute Gasteiger partial charge is 0.224 e. The van der Waals surface area contributed by atoms with Crippen molar-refractivity contribution in [2.75, 3.05) is 13.1 Å². The quantitative estimate of drug-likeness (QED) is 0.781. The summed E-state index contributed by atoms with van der Waals surface area (Å²) in [4.78, 5) is 13.6. The monoisotopic (exact) mass is 226 g/mol. The summed E-state index contributed by atoms with van der Waals surface area (Å²) < 4.78 is 2.35. The number of H-pyrrole nitrogens is 1. The Bertz CT molecular complexity index is 391. The van der Waals surface area contributed by atoms with E-state index >= 15 is 0 Å². The minimum absolute atomic E-state index is 0.218. The molecular formula is C9H14N4OS. The number of aryl methyl sites for hydroxylation is 1. The highest BCUT2D eigenvalue weighted by Gasteiger charge is 2.17. The second-order valence-corrected chi connectivity index (χ2v) is 4.08. The van der Waals surface area contributed by atoms with E-state index in [1.54, 1.807) is 10.9 Å². The molecule has 0 radical (unpaired) electrons. The number of likely N-dealkylation sites (tertiary alicyclic amines) is 1. The molecule has 5 nitrogen and oxygen atoms in total. The van der Waals surface area contributed by atoms with Crippen LogP contribution in [0.2, 0.25) is 0 Å². The summed E-state index contributed by atoms with van der Waals surface area (Å²) >= 11 is 4.99. The SMILES string of the molecule is O=C(CCn1cn[nH]c1=S)N1CCCC1. The van der Waals surface area contributed by atoms with Gasteiger partial charge in [-0.25, -0.2) is 0 Å². The second-order valence-electron chi connectivity index (χ2n) is 3.69. The number of aromatic amines is 1. The van der Waals surface area contributed by atoms with Gasteiger partial charge in [-0.2, -0.15) is 5.10 Å². The molecule has 6 heteroatoms. The van der Waals surface area contributed by atoms with Gasteiger partial charge in [0, 0.05) is 26.1 Å². The van der Waals surface area contributed by atoms with Crippen molar-refractivity contribution in [2.45, 2.75) is 25.8 Å². The fraction of sp³-hybridized carbons (Fsp3) is 0.667. The van der Waals surface area contributed by atoms with Crippen LogP contribution >= 0.6 is 12.2 Å². The van der Waals surface area contributed by atoms with Gasteiger partial charge < -0.3 is 9.47 Å². The minimum Gasteiger partial charge on any atom is -0.343 e. The fourth-order valence-corrected chi connectivity index (χ4v) is 1.96. The lowest BCUT2D eigenvalue weighted by atomic mass is 10.3. The minimum atomic E-state index is 0.218. The van der Waals surface area contributed by atoms with Crippen LogP contribution < -0.4 is 0 Å². The molecule has 0 aromatic carbocycles. The number of hydrogen-bond acceptors (Lipinski definition) is 3. The Morgan fingerprint density at radius 3 is 2.87 bits per heavy atom. The summed E-state index contributed by atoms with van der Waals surface area (Å²) in [7, 11) is 0. The molecular weight excluding hydrogens is 212 g/mol. The third kappa shape index (κ3) is 2.44. The Balaban J connectivity index is 1.85. The third-order valence-electron chi connectivity index (χ3n) is 2.64. The van der Waals surface area contributed by atoms with E-state index in [-0.39, 0.29) is 5.91 Å². The molecule has 2 rings (SSSR count). The molecule has 2 heterocycles. The molecule has 1 N–H and O–H groups in total. The Morgan fingerprint density at radius 1 is 1.53 bits per heavy atom. The number of nitrogens with one attached hydrogen (secondary N) is 1. The molecule has 0 spiro atoms. The van der Waals surface area contributed by atoms with Crippen LogP contribution in [-0.4, -0.2) is 38.7 Å².